The maximum absolute atomic E-state index is 12.8. The first kappa shape index (κ1) is 12.6. The summed E-state index contributed by atoms with van der Waals surface area (Å²) in [6.07, 6.45) is 0.506. The molecule has 0 radical (unpaired) electrons. The van der Waals surface area contributed by atoms with Gasteiger partial charge in [0.1, 0.15) is 5.82 Å². The number of carbonyl (C=O) groups is 1. The molecule has 4 heteroatoms. The lowest BCUT2D eigenvalue weighted by Crippen LogP contribution is -2.33. The molecular formula is C12H16FNO2. The molecule has 1 amide bonds. The summed E-state index contributed by atoms with van der Waals surface area (Å²) in [6.45, 7) is 3.53. The highest BCUT2D eigenvalue weighted by Crippen LogP contribution is 2.10. The van der Waals surface area contributed by atoms with Gasteiger partial charge in [-0.25, -0.2) is 4.39 Å². The average Bonchev–Trinajstić information content (AvgIpc) is 2.17. The molecule has 0 aliphatic carbocycles. The molecule has 3 nitrogen and oxygen atoms in total. The van der Waals surface area contributed by atoms with Crippen LogP contribution in [0.5, 0.6) is 0 Å². The van der Waals surface area contributed by atoms with Gasteiger partial charge in [0.2, 0.25) is 0 Å². The smallest absolute Gasteiger partial charge is 0.251 e. The third-order valence-electron chi connectivity index (χ3n) is 2.37. The van der Waals surface area contributed by atoms with Crippen LogP contribution < -0.4 is 5.32 Å². The third-order valence-corrected chi connectivity index (χ3v) is 2.37. The van der Waals surface area contributed by atoms with E-state index in [9.17, 15) is 9.18 Å². The molecule has 1 unspecified atom stereocenters. The minimum atomic E-state index is -0.350. The summed E-state index contributed by atoms with van der Waals surface area (Å²) < 4.78 is 12.8. The van der Waals surface area contributed by atoms with Gasteiger partial charge >= 0.3 is 0 Å². The number of hydrogen-bond acceptors (Lipinski definition) is 2. The van der Waals surface area contributed by atoms with Gasteiger partial charge in [-0.05, 0) is 44.0 Å². The molecule has 0 spiro atoms. The zero-order valence-electron chi connectivity index (χ0n) is 9.46. The monoisotopic (exact) mass is 225 g/mol. The lowest BCUT2D eigenvalue weighted by Gasteiger charge is -2.13. The number of rotatable bonds is 4. The van der Waals surface area contributed by atoms with Crippen molar-refractivity contribution < 1.29 is 14.3 Å². The Morgan fingerprint density at radius 2 is 2.25 bits per heavy atom. The zero-order valence-corrected chi connectivity index (χ0v) is 9.46. The molecule has 2 N–H and O–H groups in total. The molecule has 0 bridgehead atoms. The highest BCUT2D eigenvalue weighted by molar-refractivity contribution is 5.95. The molecule has 0 saturated carbocycles. The fraction of sp³-hybridized carbons (Fsp3) is 0.417. The van der Waals surface area contributed by atoms with Crippen LogP contribution in [0.4, 0.5) is 4.39 Å². The number of hydrogen-bond donors (Lipinski definition) is 2. The first-order chi connectivity index (χ1) is 7.54. The Bertz CT molecular complexity index is 379. The highest BCUT2D eigenvalue weighted by atomic mass is 19.1. The van der Waals surface area contributed by atoms with Gasteiger partial charge in [-0.2, -0.15) is 0 Å². The highest BCUT2D eigenvalue weighted by Gasteiger charge is 2.11. The molecule has 1 rings (SSSR count). The molecule has 88 valence electrons. The maximum atomic E-state index is 12.8. The van der Waals surface area contributed by atoms with Gasteiger partial charge in [-0.15, -0.1) is 0 Å². The van der Waals surface area contributed by atoms with E-state index >= 15 is 0 Å². The van der Waals surface area contributed by atoms with E-state index in [1.807, 2.05) is 6.92 Å². The predicted octanol–water partition coefficient (Wildman–Crippen LogP) is 1.63. The van der Waals surface area contributed by atoms with E-state index in [0.29, 0.717) is 17.5 Å². The molecule has 0 saturated heterocycles. The van der Waals surface area contributed by atoms with Crippen LogP contribution in [0, 0.1) is 12.7 Å². The van der Waals surface area contributed by atoms with E-state index in [1.165, 1.54) is 18.2 Å². The van der Waals surface area contributed by atoms with Crippen molar-refractivity contribution in [2.75, 3.05) is 6.61 Å². The molecule has 0 aliphatic heterocycles. The zero-order chi connectivity index (χ0) is 12.1. The van der Waals surface area contributed by atoms with Crippen molar-refractivity contribution in [2.45, 2.75) is 26.3 Å². The van der Waals surface area contributed by atoms with Crippen molar-refractivity contribution in [3.05, 3.63) is 35.1 Å². The molecule has 1 aromatic carbocycles. The van der Waals surface area contributed by atoms with Gasteiger partial charge in [0.05, 0.1) is 0 Å². The summed E-state index contributed by atoms with van der Waals surface area (Å²) >= 11 is 0. The average molecular weight is 225 g/mol. The number of amides is 1. The molecule has 0 aromatic heterocycles. The van der Waals surface area contributed by atoms with Crippen molar-refractivity contribution in [3.8, 4) is 0 Å². The number of nitrogens with one attached hydrogen (secondary N) is 1. The van der Waals surface area contributed by atoms with Crippen LogP contribution in [0.25, 0.3) is 0 Å². The molecule has 0 heterocycles. The summed E-state index contributed by atoms with van der Waals surface area (Å²) in [5, 5.41) is 11.4. The van der Waals surface area contributed by atoms with Crippen molar-refractivity contribution >= 4 is 5.91 Å². The van der Waals surface area contributed by atoms with Crippen molar-refractivity contribution in [2.24, 2.45) is 0 Å². The fourth-order valence-corrected chi connectivity index (χ4v) is 1.45. The van der Waals surface area contributed by atoms with Crippen LogP contribution in [-0.4, -0.2) is 23.7 Å². The number of aryl methyl sites for hydroxylation is 1. The first-order valence-corrected chi connectivity index (χ1v) is 5.22. The number of aliphatic hydroxyl groups is 1. The van der Waals surface area contributed by atoms with Crippen molar-refractivity contribution in [1.82, 2.24) is 5.32 Å². The Morgan fingerprint density at radius 1 is 1.56 bits per heavy atom. The SMILES string of the molecule is Cc1cc(F)ccc1C(=O)NC(C)CCO. The fourth-order valence-electron chi connectivity index (χ4n) is 1.45. The molecule has 1 atom stereocenters. The minimum absolute atomic E-state index is 0.0316. The standard InChI is InChI=1S/C12H16FNO2/c1-8-7-10(13)3-4-11(8)12(16)14-9(2)5-6-15/h3-4,7,9,15H,5-6H2,1-2H3,(H,14,16). The van der Waals surface area contributed by atoms with Gasteiger partial charge < -0.3 is 10.4 Å². The largest absolute Gasteiger partial charge is 0.396 e. The Hall–Kier alpha value is -1.42. The Labute approximate surface area is 94.3 Å². The van der Waals surface area contributed by atoms with Gasteiger partial charge in [-0.3, -0.25) is 4.79 Å². The van der Waals surface area contributed by atoms with Crippen LogP contribution in [0.2, 0.25) is 0 Å². The number of carbonyl (C=O) groups excluding carboxylic acids is 1. The Balaban J connectivity index is 2.73. The molecule has 1 aromatic rings. The molecule has 16 heavy (non-hydrogen) atoms. The number of halogens is 1. The van der Waals surface area contributed by atoms with Crippen LogP contribution in [0.15, 0.2) is 18.2 Å². The summed E-state index contributed by atoms with van der Waals surface area (Å²) in [7, 11) is 0. The second-order valence-electron chi connectivity index (χ2n) is 3.85. The van der Waals surface area contributed by atoms with Gasteiger partial charge in [0.25, 0.3) is 5.91 Å². The lowest BCUT2D eigenvalue weighted by atomic mass is 10.1. The lowest BCUT2D eigenvalue weighted by molar-refractivity contribution is 0.0934. The van der Waals surface area contributed by atoms with E-state index in [0.717, 1.165) is 0 Å². The van der Waals surface area contributed by atoms with Crippen LogP contribution in [0.3, 0.4) is 0 Å². The van der Waals surface area contributed by atoms with E-state index in [-0.39, 0.29) is 24.4 Å². The van der Waals surface area contributed by atoms with Crippen LogP contribution in [0.1, 0.15) is 29.3 Å². The summed E-state index contributed by atoms with van der Waals surface area (Å²) in [5.41, 5.74) is 1.07. The molecule has 0 aliphatic rings. The van der Waals surface area contributed by atoms with E-state index in [2.05, 4.69) is 5.32 Å². The van der Waals surface area contributed by atoms with Crippen LogP contribution >= 0.6 is 0 Å². The predicted molar refractivity (Wildman–Crippen MR) is 59.8 cm³/mol. The third kappa shape index (κ3) is 3.31. The summed E-state index contributed by atoms with van der Waals surface area (Å²) in [6, 6.07) is 3.96. The number of benzene rings is 1. The van der Waals surface area contributed by atoms with Crippen molar-refractivity contribution in [3.63, 3.8) is 0 Å². The quantitative estimate of drug-likeness (QED) is 0.818. The van der Waals surface area contributed by atoms with Crippen molar-refractivity contribution in [1.29, 1.82) is 0 Å². The minimum Gasteiger partial charge on any atom is -0.396 e. The second-order valence-corrected chi connectivity index (χ2v) is 3.85. The van der Waals surface area contributed by atoms with E-state index < -0.39 is 0 Å². The van der Waals surface area contributed by atoms with Gasteiger partial charge in [-0.1, -0.05) is 0 Å². The van der Waals surface area contributed by atoms with Crippen LogP contribution in [-0.2, 0) is 0 Å². The Kier molecular flexibility index (Phi) is 4.43. The second kappa shape index (κ2) is 5.61. The topological polar surface area (TPSA) is 49.3 Å². The van der Waals surface area contributed by atoms with Gasteiger partial charge in [0.15, 0.2) is 0 Å². The summed E-state index contributed by atoms with van der Waals surface area (Å²) in [5.74, 6) is -0.587. The van der Waals surface area contributed by atoms with E-state index in [1.54, 1.807) is 6.92 Å². The first-order valence-electron chi connectivity index (χ1n) is 5.22. The van der Waals surface area contributed by atoms with Gasteiger partial charge in [0, 0.05) is 18.2 Å². The normalized spacial score (nSPS) is 12.2. The van der Waals surface area contributed by atoms with E-state index in [4.69, 9.17) is 5.11 Å². The Morgan fingerprint density at radius 3 is 2.81 bits per heavy atom. The molecule has 0 fully saturated rings. The molecular weight excluding hydrogens is 209 g/mol. The maximum Gasteiger partial charge on any atom is 0.251 e. The summed E-state index contributed by atoms with van der Waals surface area (Å²) in [4.78, 5) is 11.7. The number of aliphatic hydroxyl groups excluding tert-OH is 1.